The molecule has 1 unspecified atom stereocenters. The zero-order valence-electron chi connectivity index (χ0n) is 12.5. The van der Waals surface area contributed by atoms with Crippen LogP contribution in [0.1, 0.15) is 47.7 Å². The van der Waals surface area contributed by atoms with Gasteiger partial charge in [-0.25, -0.2) is 13.8 Å². The number of hydrogen-bond acceptors (Lipinski definition) is 4. The number of aromatic nitrogens is 1. The lowest BCUT2D eigenvalue weighted by Crippen LogP contribution is -2.24. The van der Waals surface area contributed by atoms with Gasteiger partial charge in [-0.2, -0.15) is 0 Å². The van der Waals surface area contributed by atoms with Crippen molar-refractivity contribution in [3.05, 3.63) is 15.6 Å². The van der Waals surface area contributed by atoms with Crippen LogP contribution in [0.3, 0.4) is 0 Å². The molecule has 1 N–H and O–H groups in total. The normalized spacial score (nSPS) is 18.2. The predicted molar refractivity (Wildman–Crippen MR) is 81.5 cm³/mol. The van der Waals surface area contributed by atoms with Gasteiger partial charge in [0.15, 0.2) is 0 Å². The molecule has 0 spiro atoms. The maximum absolute atomic E-state index is 12.0. The third-order valence-electron chi connectivity index (χ3n) is 3.64. The van der Waals surface area contributed by atoms with Crippen LogP contribution in [0.4, 0.5) is 8.78 Å². The molecule has 0 saturated heterocycles. The fourth-order valence-corrected chi connectivity index (χ4v) is 3.83. The predicted octanol–water partition coefficient (Wildman–Crippen LogP) is 3.39. The van der Waals surface area contributed by atoms with Crippen molar-refractivity contribution in [3.63, 3.8) is 0 Å². The van der Waals surface area contributed by atoms with E-state index in [9.17, 15) is 8.78 Å². The van der Waals surface area contributed by atoms with E-state index in [1.54, 1.807) is 11.3 Å². The Balaban J connectivity index is 1.86. The summed E-state index contributed by atoms with van der Waals surface area (Å²) in [7, 11) is 0. The molecular formula is C15H24F2N2OS. The first kappa shape index (κ1) is 16.8. The van der Waals surface area contributed by atoms with E-state index in [0.29, 0.717) is 18.9 Å². The Hall–Kier alpha value is -0.590. The molecule has 0 aromatic carbocycles. The molecule has 0 fully saturated rings. The summed E-state index contributed by atoms with van der Waals surface area (Å²) in [5.41, 5.74) is 1.23. The van der Waals surface area contributed by atoms with Crippen LogP contribution < -0.4 is 5.32 Å². The molecular weight excluding hydrogens is 294 g/mol. The van der Waals surface area contributed by atoms with Crippen molar-refractivity contribution in [1.29, 1.82) is 0 Å². The summed E-state index contributed by atoms with van der Waals surface area (Å²) >= 11 is 1.73. The van der Waals surface area contributed by atoms with E-state index in [-0.39, 0.29) is 0 Å². The van der Waals surface area contributed by atoms with E-state index >= 15 is 0 Å². The molecule has 1 aromatic rings. The number of ether oxygens (including phenoxy) is 1. The van der Waals surface area contributed by atoms with Crippen molar-refractivity contribution < 1.29 is 13.5 Å². The number of nitrogens with one attached hydrogen (secondary N) is 1. The quantitative estimate of drug-likeness (QED) is 0.709. The number of aryl methyl sites for hydroxylation is 1. The molecule has 21 heavy (non-hydrogen) atoms. The Kier molecular flexibility index (Phi) is 6.99. The average Bonchev–Trinajstić information content (AvgIpc) is 2.87. The largest absolute Gasteiger partial charge is 0.375 e. The minimum atomic E-state index is -2.39. The summed E-state index contributed by atoms with van der Waals surface area (Å²) in [6.07, 6.45) is 2.91. The highest BCUT2D eigenvalue weighted by Gasteiger charge is 2.24. The molecule has 0 aliphatic heterocycles. The molecule has 1 heterocycles. The fraction of sp³-hybridized carbons (Fsp3) is 0.800. The number of alkyl halides is 2. The van der Waals surface area contributed by atoms with Gasteiger partial charge in [0.05, 0.1) is 17.3 Å². The molecule has 0 bridgehead atoms. The van der Waals surface area contributed by atoms with Crippen molar-refractivity contribution in [2.45, 2.75) is 51.4 Å². The fourth-order valence-electron chi connectivity index (χ4n) is 2.65. The number of halogens is 2. The topological polar surface area (TPSA) is 34.1 Å². The Labute approximate surface area is 129 Å². The highest BCUT2D eigenvalue weighted by Crippen LogP contribution is 2.34. The van der Waals surface area contributed by atoms with Crippen molar-refractivity contribution in [3.8, 4) is 0 Å². The molecule has 0 amide bonds. The number of rotatable bonds is 9. The first-order valence-electron chi connectivity index (χ1n) is 7.75. The second-order valence-electron chi connectivity index (χ2n) is 5.43. The zero-order chi connectivity index (χ0) is 15.1. The molecule has 6 heteroatoms. The van der Waals surface area contributed by atoms with Crippen LogP contribution in [-0.4, -0.2) is 37.7 Å². The highest BCUT2D eigenvalue weighted by molar-refractivity contribution is 7.11. The maximum atomic E-state index is 12.0. The number of nitrogens with zero attached hydrogens (tertiary/aromatic N) is 1. The molecule has 1 atom stereocenters. The summed E-state index contributed by atoms with van der Waals surface area (Å²) in [5.74, 6) is 0.507. The highest BCUT2D eigenvalue weighted by atomic mass is 32.1. The van der Waals surface area contributed by atoms with Gasteiger partial charge >= 0.3 is 0 Å². The van der Waals surface area contributed by atoms with Crippen molar-refractivity contribution in [2.24, 2.45) is 0 Å². The smallest absolute Gasteiger partial charge is 0.261 e. The van der Waals surface area contributed by atoms with Gasteiger partial charge in [0.25, 0.3) is 6.43 Å². The second kappa shape index (κ2) is 8.76. The van der Waals surface area contributed by atoms with Crippen LogP contribution in [-0.2, 0) is 17.6 Å². The summed E-state index contributed by atoms with van der Waals surface area (Å²) < 4.78 is 28.9. The van der Waals surface area contributed by atoms with Gasteiger partial charge in [-0.3, -0.25) is 0 Å². The first-order valence-corrected chi connectivity index (χ1v) is 8.57. The van der Waals surface area contributed by atoms with Crippen LogP contribution in [0.25, 0.3) is 0 Å². The monoisotopic (exact) mass is 318 g/mol. The third kappa shape index (κ3) is 5.27. The van der Waals surface area contributed by atoms with Crippen LogP contribution in [0.15, 0.2) is 0 Å². The number of fused-ring (bicyclic) bond motifs is 1. The molecule has 0 saturated carbocycles. The molecule has 1 aromatic heterocycles. The molecule has 1 aliphatic rings. The van der Waals surface area contributed by atoms with E-state index in [1.165, 1.54) is 23.4 Å². The third-order valence-corrected chi connectivity index (χ3v) is 4.83. The summed E-state index contributed by atoms with van der Waals surface area (Å²) in [6.45, 7) is 4.06. The van der Waals surface area contributed by atoms with Gasteiger partial charge in [0, 0.05) is 23.8 Å². The lowest BCUT2D eigenvalue weighted by molar-refractivity contribution is 0.0187. The zero-order valence-corrected chi connectivity index (χ0v) is 13.4. The minimum Gasteiger partial charge on any atom is -0.375 e. The molecule has 3 nitrogen and oxygen atoms in total. The summed E-state index contributed by atoms with van der Waals surface area (Å²) in [4.78, 5) is 6.12. The van der Waals surface area contributed by atoms with Crippen molar-refractivity contribution in [2.75, 3.05) is 26.3 Å². The van der Waals surface area contributed by atoms with Crippen molar-refractivity contribution >= 4 is 11.3 Å². The van der Waals surface area contributed by atoms with E-state index in [2.05, 4.69) is 12.2 Å². The Morgan fingerprint density at radius 1 is 1.48 bits per heavy atom. The Bertz CT molecular complexity index is 426. The van der Waals surface area contributed by atoms with E-state index < -0.39 is 13.0 Å². The Morgan fingerprint density at radius 2 is 2.33 bits per heavy atom. The molecule has 2 rings (SSSR count). The lowest BCUT2D eigenvalue weighted by atomic mass is 9.91. The Morgan fingerprint density at radius 3 is 3.10 bits per heavy atom. The van der Waals surface area contributed by atoms with Gasteiger partial charge in [-0.15, -0.1) is 11.3 Å². The van der Waals surface area contributed by atoms with E-state index in [4.69, 9.17) is 9.72 Å². The standard InChI is InChI=1S/C15H24F2N2OS/c1-2-7-18-9-11-4-3-5-12-15(11)19-14(21-12)6-8-20-10-13(16)17/h11,13,18H,2-10H2,1H3. The van der Waals surface area contributed by atoms with Crippen LogP contribution in [0.5, 0.6) is 0 Å². The van der Waals surface area contributed by atoms with E-state index in [1.807, 2.05) is 0 Å². The molecule has 0 radical (unpaired) electrons. The van der Waals surface area contributed by atoms with Gasteiger partial charge in [0.2, 0.25) is 0 Å². The van der Waals surface area contributed by atoms with Gasteiger partial charge in [-0.1, -0.05) is 6.92 Å². The summed E-state index contributed by atoms with van der Waals surface area (Å²) in [6, 6.07) is 0. The van der Waals surface area contributed by atoms with Crippen LogP contribution in [0.2, 0.25) is 0 Å². The summed E-state index contributed by atoms with van der Waals surface area (Å²) in [5, 5.41) is 4.50. The number of thiazole rings is 1. The molecule has 1 aliphatic carbocycles. The van der Waals surface area contributed by atoms with Gasteiger partial charge in [-0.05, 0) is 32.2 Å². The van der Waals surface area contributed by atoms with Gasteiger partial charge in [0.1, 0.15) is 6.61 Å². The van der Waals surface area contributed by atoms with Crippen LogP contribution in [0, 0.1) is 0 Å². The lowest BCUT2D eigenvalue weighted by Gasteiger charge is -2.21. The van der Waals surface area contributed by atoms with Gasteiger partial charge < -0.3 is 10.1 Å². The molecule has 120 valence electrons. The van der Waals surface area contributed by atoms with Crippen LogP contribution >= 0.6 is 11.3 Å². The average molecular weight is 318 g/mol. The SMILES string of the molecule is CCCNCC1CCCc2sc(CCOCC(F)F)nc21. The first-order chi connectivity index (χ1) is 10.2. The van der Waals surface area contributed by atoms with Crippen molar-refractivity contribution in [1.82, 2.24) is 10.3 Å². The van der Waals surface area contributed by atoms with E-state index in [0.717, 1.165) is 30.9 Å². The minimum absolute atomic E-state index is 0.329. The maximum Gasteiger partial charge on any atom is 0.261 e. The number of hydrogen-bond donors (Lipinski definition) is 1. The second-order valence-corrected chi connectivity index (χ2v) is 6.59.